The molecule has 0 spiro atoms. The van der Waals surface area contributed by atoms with E-state index in [4.69, 9.17) is 0 Å². The van der Waals surface area contributed by atoms with E-state index in [-0.39, 0.29) is 5.92 Å². The summed E-state index contributed by atoms with van der Waals surface area (Å²) in [7, 11) is 1.89. The van der Waals surface area contributed by atoms with Crippen LogP contribution in [0.2, 0.25) is 0 Å². The number of Topliss-reactive ketones (excluding diaryl/α,β-unsaturated/α-hetero) is 1. The average molecular weight is 262 g/mol. The first-order valence-corrected chi connectivity index (χ1v) is 7.37. The second kappa shape index (κ2) is 5.48. The largest absolute Gasteiger partial charge is 0.299 e. The number of nitrogens with zero attached hydrogens (tertiary/aromatic N) is 2. The lowest BCUT2D eigenvalue weighted by Gasteiger charge is -2.36. The SMILES string of the molecule is Cn1ccc(CC(=O)C2CCC(C(C)(C)C)CC2)n1. The summed E-state index contributed by atoms with van der Waals surface area (Å²) in [4.78, 5) is 12.3. The van der Waals surface area contributed by atoms with Crippen molar-refractivity contribution in [3.63, 3.8) is 0 Å². The average Bonchev–Trinajstić information content (AvgIpc) is 2.74. The molecule has 0 atom stereocenters. The van der Waals surface area contributed by atoms with E-state index in [1.165, 1.54) is 12.8 Å². The van der Waals surface area contributed by atoms with E-state index < -0.39 is 0 Å². The van der Waals surface area contributed by atoms with Gasteiger partial charge in [0.2, 0.25) is 0 Å². The third-order valence-corrected chi connectivity index (χ3v) is 4.53. The van der Waals surface area contributed by atoms with E-state index in [1.54, 1.807) is 4.68 Å². The number of aromatic nitrogens is 2. The molecule has 1 aromatic rings. The Hall–Kier alpha value is -1.12. The molecule has 1 aromatic heterocycles. The Balaban J connectivity index is 1.86. The summed E-state index contributed by atoms with van der Waals surface area (Å²) in [5, 5.41) is 4.30. The molecule has 1 fully saturated rings. The van der Waals surface area contributed by atoms with Gasteiger partial charge in [0.25, 0.3) is 0 Å². The van der Waals surface area contributed by atoms with Gasteiger partial charge in [-0.15, -0.1) is 0 Å². The molecule has 1 aliphatic carbocycles. The molecule has 0 aliphatic heterocycles. The van der Waals surface area contributed by atoms with Crippen LogP contribution in [0.1, 0.15) is 52.1 Å². The number of aryl methyl sites for hydroxylation is 1. The molecule has 1 heterocycles. The zero-order valence-corrected chi connectivity index (χ0v) is 12.6. The topological polar surface area (TPSA) is 34.9 Å². The van der Waals surface area contributed by atoms with Crippen LogP contribution < -0.4 is 0 Å². The van der Waals surface area contributed by atoms with E-state index in [9.17, 15) is 4.79 Å². The van der Waals surface area contributed by atoms with Crippen LogP contribution >= 0.6 is 0 Å². The van der Waals surface area contributed by atoms with Crippen LogP contribution in [0.5, 0.6) is 0 Å². The summed E-state index contributed by atoms with van der Waals surface area (Å²) in [6.45, 7) is 6.94. The smallest absolute Gasteiger partial charge is 0.141 e. The minimum absolute atomic E-state index is 0.264. The van der Waals surface area contributed by atoms with E-state index in [2.05, 4.69) is 25.9 Å². The van der Waals surface area contributed by atoms with Gasteiger partial charge < -0.3 is 0 Å². The minimum atomic E-state index is 0.264. The lowest BCUT2D eigenvalue weighted by molar-refractivity contribution is -0.123. The van der Waals surface area contributed by atoms with Gasteiger partial charge in [0, 0.05) is 19.2 Å². The fourth-order valence-corrected chi connectivity index (χ4v) is 3.16. The van der Waals surface area contributed by atoms with E-state index in [1.807, 2.05) is 19.3 Å². The molecule has 3 heteroatoms. The first kappa shape index (κ1) is 14.3. The highest BCUT2D eigenvalue weighted by molar-refractivity contribution is 5.82. The van der Waals surface area contributed by atoms with Crippen LogP contribution in [-0.2, 0) is 18.3 Å². The molecule has 2 rings (SSSR count). The second-order valence-corrected chi connectivity index (χ2v) is 7.04. The normalized spacial score (nSPS) is 24.4. The van der Waals surface area contributed by atoms with Crippen molar-refractivity contribution in [2.45, 2.75) is 52.9 Å². The third kappa shape index (κ3) is 3.68. The molecule has 0 bridgehead atoms. The van der Waals surface area contributed by atoms with Crippen molar-refractivity contribution in [3.05, 3.63) is 18.0 Å². The predicted molar refractivity (Wildman–Crippen MR) is 76.8 cm³/mol. The van der Waals surface area contributed by atoms with Crippen molar-refractivity contribution in [1.29, 1.82) is 0 Å². The number of hydrogen-bond acceptors (Lipinski definition) is 2. The molecule has 0 saturated heterocycles. The van der Waals surface area contributed by atoms with Crippen molar-refractivity contribution >= 4 is 5.78 Å². The summed E-state index contributed by atoms with van der Waals surface area (Å²) in [6, 6.07) is 1.94. The van der Waals surface area contributed by atoms with Gasteiger partial charge in [-0.3, -0.25) is 9.48 Å². The van der Waals surface area contributed by atoms with E-state index in [0.717, 1.165) is 24.5 Å². The van der Waals surface area contributed by atoms with Crippen molar-refractivity contribution in [2.75, 3.05) is 0 Å². The molecule has 0 unspecified atom stereocenters. The van der Waals surface area contributed by atoms with Crippen LogP contribution in [0.4, 0.5) is 0 Å². The predicted octanol–water partition coefficient (Wildman–Crippen LogP) is 3.38. The number of ketones is 1. The van der Waals surface area contributed by atoms with E-state index in [0.29, 0.717) is 17.6 Å². The second-order valence-electron chi connectivity index (χ2n) is 7.04. The van der Waals surface area contributed by atoms with Gasteiger partial charge in [-0.2, -0.15) is 5.10 Å². The summed E-state index contributed by atoms with van der Waals surface area (Å²) < 4.78 is 1.76. The number of carbonyl (C=O) groups excluding carboxylic acids is 1. The first-order valence-electron chi connectivity index (χ1n) is 7.37. The molecule has 106 valence electrons. The van der Waals surface area contributed by atoms with Crippen molar-refractivity contribution < 1.29 is 4.79 Å². The Morgan fingerprint density at radius 1 is 1.32 bits per heavy atom. The van der Waals surface area contributed by atoms with E-state index >= 15 is 0 Å². The summed E-state index contributed by atoms with van der Waals surface area (Å²) >= 11 is 0. The first-order chi connectivity index (χ1) is 8.86. The maximum absolute atomic E-state index is 12.3. The van der Waals surface area contributed by atoms with Gasteiger partial charge in [0.15, 0.2) is 0 Å². The maximum Gasteiger partial charge on any atom is 0.141 e. The number of carbonyl (C=O) groups is 1. The molecule has 0 N–H and O–H groups in total. The van der Waals surface area contributed by atoms with Crippen LogP contribution in [0, 0.1) is 17.3 Å². The van der Waals surface area contributed by atoms with Crippen LogP contribution in [-0.4, -0.2) is 15.6 Å². The molecule has 1 aliphatic rings. The van der Waals surface area contributed by atoms with Gasteiger partial charge in [-0.05, 0) is 43.1 Å². The van der Waals surface area contributed by atoms with Gasteiger partial charge >= 0.3 is 0 Å². The molecular formula is C16H26N2O. The monoisotopic (exact) mass is 262 g/mol. The fourth-order valence-electron chi connectivity index (χ4n) is 3.16. The third-order valence-electron chi connectivity index (χ3n) is 4.53. The lowest BCUT2D eigenvalue weighted by atomic mass is 9.69. The highest BCUT2D eigenvalue weighted by atomic mass is 16.1. The fraction of sp³-hybridized carbons (Fsp3) is 0.750. The summed E-state index contributed by atoms with van der Waals surface area (Å²) in [6.07, 6.45) is 6.93. The molecule has 19 heavy (non-hydrogen) atoms. The Morgan fingerprint density at radius 3 is 2.42 bits per heavy atom. The van der Waals surface area contributed by atoms with Crippen molar-refractivity contribution in [3.8, 4) is 0 Å². The Labute approximate surface area is 116 Å². The van der Waals surface area contributed by atoms with Gasteiger partial charge in [-0.25, -0.2) is 0 Å². The molecule has 1 saturated carbocycles. The summed E-state index contributed by atoms with van der Waals surface area (Å²) in [5.74, 6) is 1.41. The zero-order chi connectivity index (χ0) is 14.0. The van der Waals surface area contributed by atoms with Gasteiger partial charge in [-0.1, -0.05) is 20.8 Å². The Bertz CT molecular complexity index is 434. The minimum Gasteiger partial charge on any atom is -0.299 e. The van der Waals surface area contributed by atoms with Crippen molar-refractivity contribution in [2.24, 2.45) is 24.3 Å². The number of rotatable bonds is 3. The zero-order valence-electron chi connectivity index (χ0n) is 12.6. The Morgan fingerprint density at radius 2 is 1.95 bits per heavy atom. The maximum atomic E-state index is 12.3. The molecule has 3 nitrogen and oxygen atoms in total. The standard InChI is InChI=1S/C16H26N2O/c1-16(2,3)13-7-5-12(6-8-13)15(19)11-14-9-10-18(4)17-14/h9-10,12-13H,5-8,11H2,1-4H3. The molecule has 0 amide bonds. The highest BCUT2D eigenvalue weighted by Gasteiger charge is 2.32. The van der Waals surface area contributed by atoms with Crippen LogP contribution in [0.15, 0.2) is 12.3 Å². The summed E-state index contributed by atoms with van der Waals surface area (Å²) in [5.41, 5.74) is 1.29. The highest BCUT2D eigenvalue weighted by Crippen LogP contribution is 2.40. The van der Waals surface area contributed by atoms with Crippen LogP contribution in [0.3, 0.4) is 0 Å². The molecule has 0 aromatic carbocycles. The van der Waals surface area contributed by atoms with Gasteiger partial charge in [0.1, 0.15) is 5.78 Å². The quantitative estimate of drug-likeness (QED) is 0.837. The van der Waals surface area contributed by atoms with Crippen molar-refractivity contribution in [1.82, 2.24) is 9.78 Å². The lowest BCUT2D eigenvalue weighted by Crippen LogP contribution is -2.29. The Kier molecular flexibility index (Phi) is 4.12. The number of hydrogen-bond donors (Lipinski definition) is 0. The van der Waals surface area contributed by atoms with Crippen LogP contribution in [0.25, 0.3) is 0 Å². The molecular weight excluding hydrogens is 236 g/mol. The van der Waals surface area contributed by atoms with Gasteiger partial charge in [0.05, 0.1) is 12.1 Å². The molecule has 0 radical (unpaired) electrons.